The van der Waals surface area contributed by atoms with Crippen molar-refractivity contribution < 1.29 is 9.90 Å². The summed E-state index contributed by atoms with van der Waals surface area (Å²) in [4.78, 5) is 11.5. The van der Waals surface area contributed by atoms with Gasteiger partial charge in [0.1, 0.15) is 0 Å². The molecular formula is C10H17NO2. The zero-order valence-electron chi connectivity index (χ0n) is 7.99. The second kappa shape index (κ2) is 5.02. The average molecular weight is 183 g/mol. The fourth-order valence-electron chi connectivity index (χ4n) is 1.46. The Bertz CT molecular complexity index is 193. The Morgan fingerprint density at radius 2 is 2.23 bits per heavy atom. The van der Waals surface area contributed by atoms with Crippen molar-refractivity contribution in [2.75, 3.05) is 6.61 Å². The van der Waals surface area contributed by atoms with Crippen LogP contribution in [0.3, 0.4) is 0 Å². The molecule has 0 saturated carbocycles. The second-order valence-corrected chi connectivity index (χ2v) is 3.56. The van der Waals surface area contributed by atoms with E-state index in [-0.39, 0.29) is 24.5 Å². The molecule has 1 aliphatic carbocycles. The molecule has 1 unspecified atom stereocenters. The van der Waals surface area contributed by atoms with E-state index in [9.17, 15) is 4.79 Å². The molecule has 0 aliphatic heterocycles. The third-order valence-corrected chi connectivity index (χ3v) is 2.33. The zero-order valence-corrected chi connectivity index (χ0v) is 7.99. The van der Waals surface area contributed by atoms with E-state index in [1.54, 1.807) is 0 Å². The van der Waals surface area contributed by atoms with E-state index in [2.05, 4.69) is 5.32 Å². The van der Waals surface area contributed by atoms with E-state index in [1.165, 1.54) is 0 Å². The second-order valence-electron chi connectivity index (χ2n) is 3.56. The van der Waals surface area contributed by atoms with Gasteiger partial charge in [0.15, 0.2) is 0 Å². The summed E-state index contributed by atoms with van der Waals surface area (Å²) in [5, 5.41) is 11.5. The van der Waals surface area contributed by atoms with E-state index >= 15 is 0 Å². The van der Waals surface area contributed by atoms with Crippen LogP contribution in [-0.2, 0) is 4.79 Å². The standard InChI is InChI=1S/C10H17NO2/c1-8(6-7-12)11-10(13)9-4-2-3-5-9/h2-3,8-9,12H,4-7H2,1H3,(H,11,13). The molecule has 0 bridgehead atoms. The van der Waals surface area contributed by atoms with Gasteiger partial charge in [-0.15, -0.1) is 0 Å². The number of aliphatic hydroxyl groups is 1. The van der Waals surface area contributed by atoms with Gasteiger partial charge in [0, 0.05) is 18.6 Å². The molecule has 13 heavy (non-hydrogen) atoms. The SMILES string of the molecule is CC(CCO)NC(=O)C1CC=CC1. The molecule has 0 fully saturated rings. The predicted molar refractivity (Wildman–Crippen MR) is 51.2 cm³/mol. The summed E-state index contributed by atoms with van der Waals surface area (Å²) in [6.07, 6.45) is 6.43. The van der Waals surface area contributed by atoms with Crippen molar-refractivity contribution in [2.45, 2.75) is 32.2 Å². The summed E-state index contributed by atoms with van der Waals surface area (Å²) in [7, 11) is 0. The average Bonchev–Trinajstić information content (AvgIpc) is 2.55. The Balaban J connectivity index is 2.24. The van der Waals surface area contributed by atoms with Crippen LogP contribution >= 0.6 is 0 Å². The molecule has 1 atom stereocenters. The number of allylic oxidation sites excluding steroid dienone is 2. The highest BCUT2D eigenvalue weighted by atomic mass is 16.3. The lowest BCUT2D eigenvalue weighted by molar-refractivity contribution is -0.125. The minimum absolute atomic E-state index is 0.0816. The molecule has 0 spiro atoms. The van der Waals surface area contributed by atoms with Gasteiger partial charge in [0.05, 0.1) is 0 Å². The van der Waals surface area contributed by atoms with Crippen molar-refractivity contribution in [1.29, 1.82) is 0 Å². The highest BCUT2D eigenvalue weighted by Gasteiger charge is 2.19. The van der Waals surface area contributed by atoms with Gasteiger partial charge in [-0.3, -0.25) is 4.79 Å². The minimum Gasteiger partial charge on any atom is -0.396 e. The lowest BCUT2D eigenvalue weighted by Crippen LogP contribution is -2.36. The van der Waals surface area contributed by atoms with Crippen LogP contribution < -0.4 is 5.32 Å². The normalized spacial score (nSPS) is 18.9. The van der Waals surface area contributed by atoms with Gasteiger partial charge in [0.25, 0.3) is 0 Å². The largest absolute Gasteiger partial charge is 0.396 e. The van der Waals surface area contributed by atoms with Crippen molar-refractivity contribution in [3.8, 4) is 0 Å². The molecule has 0 aromatic rings. The third kappa shape index (κ3) is 3.19. The number of nitrogens with one attached hydrogen (secondary N) is 1. The first kappa shape index (κ1) is 10.3. The van der Waals surface area contributed by atoms with E-state index in [0.29, 0.717) is 6.42 Å². The van der Waals surface area contributed by atoms with Gasteiger partial charge in [-0.2, -0.15) is 0 Å². The van der Waals surface area contributed by atoms with Gasteiger partial charge in [0.2, 0.25) is 5.91 Å². The maximum Gasteiger partial charge on any atom is 0.223 e. The fraction of sp³-hybridized carbons (Fsp3) is 0.700. The molecular weight excluding hydrogens is 166 g/mol. The van der Waals surface area contributed by atoms with Gasteiger partial charge >= 0.3 is 0 Å². The summed E-state index contributed by atoms with van der Waals surface area (Å²) in [6, 6.07) is 0.0816. The fourth-order valence-corrected chi connectivity index (χ4v) is 1.46. The molecule has 1 aliphatic rings. The first-order chi connectivity index (χ1) is 6.24. The zero-order chi connectivity index (χ0) is 9.68. The number of hydrogen-bond acceptors (Lipinski definition) is 2. The smallest absolute Gasteiger partial charge is 0.223 e. The molecule has 74 valence electrons. The lowest BCUT2D eigenvalue weighted by atomic mass is 10.1. The summed E-state index contributed by atoms with van der Waals surface area (Å²) < 4.78 is 0. The monoisotopic (exact) mass is 183 g/mol. The Kier molecular flexibility index (Phi) is 3.96. The molecule has 2 N–H and O–H groups in total. The lowest BCUT2D eigenvalue weighted by Gasteiger charge is -2.15. The van der Waals surface area contributed by atoms with Gasteiger partial charge < -0.3 is 10.4 Å². The van der Waals surface area contributed by atoms with Gasteiger partial charge in [-0.05, 0) is 26.2 Å². The topological polar surface area (TPSA) is 49.3 Å². The van der Waals surface area contributed by atoms with Crippen LogP contribution in [0, 0.1) is 5.92 Å². The van der Waals surface area contributed by atoms with Crippen molar-refractivity contribution in [1.82, 2.24) is 5.32 Å². The highest BCUT2D eigenvalue weighted by molar-refractivity contribution is 5.79. The summed E-state index contributed by atoms with van der Waals surface area (Å²) in [6.45, 7) is 2.04. The predicted octanol–water partition coefficient (Wildman–Crippen LogP) is 0.840. The number of hydrogen-bond donors (Lipinski definition) is 2. The van der Waals surface area contributed by atoms with Crippen LogP contribution in [-0.4, -0.2) is 23.7 Å². The van der Waals surface area contributed by atoms with Gasteiger partial charge in [-0.25, -0.2) is 0 Å². The molecule has 1 amide bonds. The van der Waals surface area contributed by atoms with Crippen LogP contribution in [0.2, 0.25) is 0 Å². The number of carbonyl (C=O) groups excluding carboxylic acids is 1. The Morgan fingerprint density at radius 1 is 1.62 bits per heavy atom. The number of aliphatic hydroxyl groups excluding tert-OH is 1. The van der Waals surface area contributed by atoms with Crippen LogP contribution in [0.5, 0.6) is 0 Å². The molecule has 1 rings (SSSR count). The van der Waals surface area contributed by atoms with Crippen molar-refractivity contribution in [3.05, 3.63) is 12.2 Å². The third-order valence-electron chi connectivity index (χ3n) is 2.33. The Morgan fingerprint density at radius 3 is 2.77 bits per heavy atom. The Labute approximate surface area is 78.8 Å². The number of carbonyl (C=O) groups is 1. The minimum atomic E-state index is 0.0816. The van der Waals surface area contributed by atoms with Crippen molar-refractivity contribution >= 4 is 5.91 Å². The first-order valence-corrected chi connectivity index (χ1v) is 4.80. The quantitative estimate of drug-likeness (QED) is 0.634. The molecule has 0 radical (unpaired) electrons. The van der Waals surface area contributed by atoms with E-state index in [4.69, 9.17) is 5.11 Å². The van der Waals surface area contributed by atoms with Crippen molar-refractivity contribution in [2.24, 2.45) is 5.92 Å². The summed E-state index contributed by atoms with van der Waals surface area (Å²) in [5.74, 6) is 0.243. The molecule has 0 aromatic carbocycles. The maximum absolute atomic E-state index is 11.5. The molecule has 0 saturated heterocycles. The summed E-state index contributed by atoms with van der Waals surface area (Å²) >= 11 is 0. The van der Waals surface area contributed by atoms with Crippen LogP contribution in [0.25, 0.3) is 0 Å². The number of rotatable bonds is 4. The maximum atomic E-state index is 11.5. The van der Waals surface area contributed by atoms with Crippen LogP contribution in [0.4, 0.5) is 0 Å². The first-order valence-electron chi connectivity index (χ1n) is 4.80. The van der Waals surface area contributed by atoms with E-state index < -0.39 is 0 Å². The molecule has 3 heteroatoms. The Hall–Kier alpha value is -0.830. The molecule has 0 heterocycles. The van der Waals surface area contributed by atoms with Gasteiger partial charge in [-0.1, -0.05) is 12.2 Å². The number of amides is 1. The van der Waals surface area contributed by atoms with Crippen LogP contribution in [0.1, 0.15) is 26.2 Å². The van der Waals surface area contributed by atoms with Crippen molar-refractivity contribution in [3.63, 3.8) is 0 Å². The molecule has 3 nitrogen and oxygen atoms in total. The van der Waals surface area contributed by atoms with E-state index in [1.807, 2.05) is 19.1 Å². The summed E-state index contributed by atoms with van der Waals surface area (Å²) in [5.41, 5.74) is 0. The van der Waals surface area contributed by atoms with Crippen LogP contribution in [0.15, 0.2) is 12.2 Å². The highest BCUT2D eigenvalue weighted by Crippen LogP contribution is 2.17. The van der Waals surface area contributed by atoms with E-state index in [0.717, 1.165) is 12.8 Å². The molecule has 0 aromatic heterocycles.